The zero-order chi connectivity index (χ0) is 16.9. The Morgan fingerprint density at radius 3 is 2.83 bits per heavy atom. The van der Waals surface area contributed by atoms with Crippen molar-refractivity contribution in [3.63, 3.8) is 0 Å². The lowest BCUT2D eigenvalue weighted by Gasteiger charge is -2.25. The number of benzene rings is 1. The number of aromatic nitrogens is 1. The smallest absolute Gasteiger partial charge is 0.228 e. The summed E-state index contributed by atoms with van der Waals surface area (Å²) in [5.74, 6) is -0.504. The topological polar surface area (TPSA) is 36.4 Å². The van der Waals surface area contributed by atoms with Crippen molar-refractivity contribution >= 4 is 5.91 Å². The maximum Gasteiger partial charge on any atom is 0.228 e. The summed E-state index contributed by atoms with van der Waals surface area (Å²) < 4.78 is 13.7. The fraction of sp³-hybridized carbons (Fsp3) is 0.368. The van der Waals surface area contributed by atoms with Crippen LogP contribution in [0.2, 0.25) is 0 Å². The number of likely N-dealkylation sites (N-methyl/N-ethyl adjacent to an activating group) is 1. The van der Waals surface area contributed by atoms with Gasteiger partial charge < -0.3 is 4.90 Å². The van der Waals surface area contributed by atoms with Gasteiger partial charge in [0.25, 0.3) is 0 Å². The van der Waals surface area contributed by atoms with Crippen LogP contribution in [-0.2, 0) is 17.8 Å². The molecule has 1 aromatic carbocycles. The molecule has 0 aliphatic carbocycles. The van der Waals surface area contributed by atoms with E-state index in [2.05, 4.69) is 22.0 Å². The fourth-order valence-corrected chi connectivity index (χ4v) is 3.13. The molecule has 1 fully saturated rings. The highest BCUT2D eigenvalue weighted by Crippen LogP contribution is 2.18. The zero-order valence-corrected chi connectivity index (χ0v) is 13.9. The van der Waals surface area contributed by atoms with Crippen molar-refractivity contribution in [3.8, 4) is 0 Å². The number of hydrogen-bond acceptors (Lipinski definition) is 3. The third-order valence-corrected chi connectivity index (χ3v) is 4.59. The average Bonchev–Trinajstić information content (AvgIpc) is 3.05. The van der Waals surface area contributed by atoms with Crippen molar-refractivity contribution in [1.82, 2.24) is 14.8 Å². The summed E-state index contributed by atoms with van der Waals surface area (Å²) in [5.41, 5.74) is 1.50. The lowest BCUT2D eigenvalue weighted by atomic mass is 10.2. The van der Waals surface area contributed by atoms with Gasteiger partial charge in [-0.25, -0.2) is 4.39 Å². The number of nitrogens with zero attached hydrogens (tertiary/aromatic N) is 3. The first-order valence-electron chi connectivity index (χ1n) is 8.25. The van der Waals surface area contributed by atoms with E-state index in [0.29, 0.717) is 0 Å². The minimum atomic E-state index is -0.420. The molecule has 4 nitrogen and oxygen atoms in total. The summed E-state index contributed by atoms with van der Waals surface area (Å²) in [6.45, 7) is 2.71. The van der Waals surface area contributed by atoms with E-state index >= 15 is 0 Å². The third kappa shape index (κ3) is 3.97. The molecular weight excluding hydrogens is 305 g/mol. The molecule has 1 aliphatic rings. The second-order valence-corrected chi connectivity index (χ2v) is 6.28. The Bertz CT molecular complexity index is 692. The van der Waals surface area contributed by atoms with Crippen LogP contribution in [0.4, 0.5) is 4.39 Å². The molecule has 1 saturated heterocycles. The molecule has 1 aromatic heterocycles. The van der Waals surface area contributed by atoms with E-state index in [4.69, 9.17) is 0 Å². The Morgan fingerprint density at radius 2 is 2.08 bits per heavy atom. The number of hydrogen-bond donors (Lipinski definition) is 0. The molecule has 126 valence electrons. The molecule has 1 amide bonds. The normalized spacial score (nSPS) is 17.8. The molecule has 1 atom stereocenters. The summed E-state index contributed by atoms with van der Waals surface area (Å²) in [7, 11) is 1.81. The van der Waals surface area contributed by atoms with Crippen LogP contribution in [0.15, 0.2) is 48.7 Å². The standard InChI is InChI=1S/C19H22FN3O/c1-22(19(24)12-18-17(20)8-5-10-21-18)16-9-11-23(14-16)13-15-6-3-2-4-7-15/h2-8,10,16H,9,11-14H2,1H3. The maximum atomic E-state index is 13.7. The first-order chi connectivity index (χ1) is 11.6. The molecule has 24 heavy (non-hydrogen) atoms. The maximum absolute atomic E-state index is 13.7. The van der Waals surface area contributed by atoms with E-state index < -0.39 is 5.82 Å². The molecule has 1 aliphatic heterocycles. The van der Waals surface area contributed by atoms with Gasteiger partial charge in [0, 0.05) is 38.9 Å². The molecule has 0 spiro atoms. The Labute approximate surface area is 141 Å². The van der Waals surface area contributed by atoms with Gasteiger partial charge >= 0.3 is 0 Å². The average molecular weight is 327 g/mol. The monoisotopic (exact) mass is 327 g/mol. The lowest BCUT2D eigenvalue weighted by molar-refractivity contribution is -0.131. The molecule has 0 N–H and O–H groups in total. The van der Waals surface area contributed by atoms with Gasteiger partial charge in [-0.3, -0.25) is 14.7 Å². The van der Waals surface area contributed by atoms with Gasteiger partial charge in [-0.15, -0.1) is 0 Å². The number of rotatable bonds is 5. The van der Waals surface area contributed by atoms with Crippen molar-refractivity contribution in [3.05, 3.63) is 65.7 Å². The predicted molar refractivity (Wildman–Crippen MR) is 90.8 cm³/mol. The van der Waals surface area contributed by atoms with Crippen LogP contribution in [0.25, 0.3) is 0 Å². The second-order valence-electron chi connectivity index (χ2n) is 6.28. The molecule has 0 radical (unpaired) electrons. The SMILES string of the molecule is CN(C(=O)Cc1ncccc1F)C1CCN(Cc2ccccc2)C1. The van der Waals surface area contributed by atoms with Gasteiger partial charge in [0.2, 0.25) is 5.91 Å². The highest BCUT2D eigenvalue weighted by Gasteiger charge is 2.28. The second kappa shape index (κ2) is 7.53. The summed E-state index contributed by atoms with van der Waals surface area (Å²) in [4.78, 5) is 20.5. The van der Waals surface area contributed by atoms with Crippen molar-refractivity contribution in [1.29, 1.82) is 0 Å². The van der Waals surface area contributed by atoms with Crippen LogP contribution in [0, 0.1) is 5.82 Å². The van der Waals surface area contributed by atoms with E-state index in [9.17, 15) is 9.18 Å². The molecule has 2 heterocycles. The van der Waals surface area contributed by atoms with Gasteiger partial charge in [-0.2, -0.15) is 0 Å². The van der Waals surface area contributed by atoms with Crippen LogP contribution >= 0.6 is 0 Å². The van der Waals surface area contributed by atoms with Crippen molar-refractivity contribution in [2.75, 3.05) is 20.1 Å². The molecular formula is C19H22FN3O. The number of pyridine rings is 1. The Kier molecular flexibility index (Phi) is 5.20. The van der Waals surface area contributed by atoms with Crippen LogP contribution in [0.1, 0.15) is 17.7 Å². The summed E-state index contributed by atoms with van der Waals surface area (Å²) in [6, 6.07) is 13.4. The lowest BCUT2D eigenvalue weighted by Crippen LogP contribution is -2.40. The largest absolute Gasteiger partial charge is 0.341 e. The van der Waals surface area contributed by atoms with E-state index in [-0.39, 0.29) is 24.1 Å². The van der Waals surface area contributed by atoms with Gasteiger partial charge in [0.05, 0.1) is 12.1 Å². The summed E-state index contributed by atoms with van der Waals surface area (Å²) in [6.07, 6.45) is 2.47. The number of likely N-dealkylation sites (tertiary alicyclic amines) is 1. The predicted octanol–water partition coefficient (Wildman–Crippen LogP) is 2.50. The van der Waals surface area contributed by atoms with E-state index in [0.717, 1.165) is 26.1 Å². The number of amides is 1. The Morgan fingerprint density at radius 1 is 1.29 bits per heavy atom. The first-order valence-corrected chi connectivity index (χ1v) is 8.25. The Balaban J connectivity index is 1.55. The molecule has 3 rings (SSSR count). The van der Waals surface area contributed by atoms with Gasteiger partial charge in [-0.05, 0) is 24.1 Å². The Hall–Kier alpha value is -2.27. The van der Waals surface area contributed by atoms with Crippen LogP contribution in [0.5, 0.6) is 0 Å². The molecule has 0 saturated carbocycles. The molecule has 0 bridgehead atoms. The van der Waals surface area contributed by atoms with E-state index in [1.54, 1.807) is 11.9 Å². The van der Waals surface area contributed by atoms with Crippen LogP contribution in [-0.4, -0.2) is 46.9 Å². The van der Waals surface area contributed by atoms with E-state index in [1.807, 2.05) is 18.2 Å². The van der Waals surface area contributed by atoms with Gasteiger partial charge in [0.1, 0.15) is 5.82 Å². The van der Waals surface area contributed by atoms with Gasteiger partial charge in [0.15, 0.2) is 0 Å². The van der Waals surface area contributed by atoms with Crippen molar-refractivity contribution < 1.29 is 9.18 Å². The highest BCUT2D eigenvalue weighted by molar-refractivity contribution is 5.78. The summed E-state index contributed by atoms with van der Waals surface area (Å²) in [5, 5.41) is 0. The third-order valence-electron chi connectivity index (χ3n) is 4.59. The van der Waals surface area contributed by atoms with Crippen LogP contribution in [0.3, 0.4) is 0 Å². The number of carbonyl (C=O) groups is 1. The molecule has 2 aromatic rings. The molecule has 5 heteroatoms. The zero-order valence-electron chi connectivity index (χ0n) is 13.9. The van der Waals surface area contributed by atoms with E-state index in [1.165, 1.54) is 23.9 Å². The minimum absolute atomic E-state index is 0.0123. The minimum Gasteiger partial charge on any atom is -0.341 e. The number of carbonyl (C=O) groups excluding carboxylic acids is 1. The fourth-order valence-electron chi connectivity index (χ4n) is 3.13. The summed E-state index contributed by atoms with van der Waals surface area (Å²) >= 11 is 0. The van der Waals surface area contributed by atoms with Crippen LogP contribution < -0.4 is 0 Å². The molecule has 1 unspecified atom stereocenters. The van der Waals surface area contributed by atoms with Crippen molar-refractivity contribution in [2.45, 2.75) is 25.4 Å². The highest BCUT2D eigenvalue weighted by atomic mass is 19.1. The first kappa shape index (κ1) is 16.6. The number of halogens is 1. The quantitative estimate of drug-likeness (QED) is 0.847. The van der Waals surface area contributed by atoms with Gasteiger partial charge in [-0.1, -0.05) is 30.3 Å². The van der Waals surface area contributed by atoms with Crippen molar-refractivity contribution in [2.24, 2.45) is 0 Å².